The van der Waals surface area contributed by atoms with E-state index in [1.807, 2.05) is 0 Å². The number of carbonyl (C=O) groups is 1. The molecule has 22 heavy (non-hydrogen) atoms. The number of benzene rings is 2. The van der Waals surface area contributed by atoms with Gasteiger partial charge in [-0.3, -0.25) is 0 Å². The van der Waals surface area contributed by atoms with Crippen molar-refractivity contribution >= 4 is 6.03 Å². The predicted octanol–water partition coefficient (Wildman–Crippen LogP) is 3.48. The molecule has 0 heterocycles. The Morgan fingerprint density at radius 1 is 1.05 bits per heavy atom. The molecular weight excluding hydrogens is 279 g/mol. The molecule has 0 radical (unpaired) electrons. The van der Waals surface area contributed by atoms with Gasteiger partial charge in [-0.25, -0.2) is 9.18 Å². The van der Waals surface area contributed by atoms with E-state index in [4.69, 9.17) is 0 Å². The lowest BCUT2D eigenvalue weighted by molar-refractivity contribution is 0.240. The summed E-state index contributed by atoms with van der Waals surface area (Å²) >= 11 is 0. The average Bonchev–Trinajstić information content (AvgIpc) is 2.49. The van der Waals surface area contributed by atoms with Gasteiger partial charge in [0.05, 0.1) is 0 Å². The summed E-state index contributed by atoms with van der Waals surface area (Å²) < 4.78 is 13.4. The van der Waals surface area contributed by atoms with E-state index in [0.717, 1.165) is 6.42 Å². The second-order valence-electron chi connectivity index (χ2n) is 5.38. The van der Waals surface area contributed by atoms with E-state index in [1.165, 1.54) is 22.8 Å². The molecule has 0 spiro atoms. The number of hydrogen-bond donors (Lipinski definition) is 2. The normalized spacial score (nSPS) is 10.3. The van der Waals surface area contributed by atoms with Crippen LogP contribution in [-0.4, -0.2) is 12.6 Å². The van der Waals surface area contributed by atoms with E-state index in [2.05, 4.69) is 42.7 Å². The molecular formula is C18H21FN2O. The number of nitrogens with one attached hydrogen (secondary N) is 2. The summed E-state index contributed by atoms with van der Waals surface area (Å²) in [6.07, 6.45) is 0.777. The van der Waals surface area contributed by atoms with Crippen molar-refractivity contribution in [3.63, 3.8) is 0 Å². The highest BCUT2D eigenvalue weighted by Gasteiger charge is 2.04. The lowest BCUT2D eigenvalue weighted by atomic mass is 10.0. The molecule has 2 amide bonds. The largest absolute Gasteiger partial charge is 0.338 e. The summed E-state index contributed by atoms with van der Waals surface area (Å²) in [4.78, 5) is 11.7. The summed E-state index contributed by atoms with van der Waals surface area (Å²) in [7, 11) is 0. The van der Waals surface area contributed by atoms with Crippen molar-refractivity contribution in [3.8, 4) is 0 Å². The first-order chi connectivity index (χ1) is 10.6. The minimum absolute atomic E-state index is 0.183. The van der Waals surface area contributed by atoms with Gasteiger partial charge in [-0.05, 0) is 37.5 Å². The zero-order chi connectivity index (χ0) is 15.9. The maximum atomic E-state index is 13.4. The third kappa shape index (κ3) is 4.58. The van der Waals surface area contributed by atoms with E-state index in [0.29, 0.717) is 12.1 Å². The van der Waals surface area contributed by atoms with Crippen molar-refractivity contribution in [2.75, 3.05) is 6.54 Å². The van der Waals surface area contributed by atoms with E-state index < -0.39 is 0 Å². The maximum absolute atomic E-state index is 13.4. The number of carbonyl (C=O) groups excluding carboxylic acids is 1. The Morgan fingerprint density at radius 2 is 1.82 bits per heavy atom. The first-order valence-electron chi connectivity index (χ1n) is 7.37. The van der Waals surface area contributed by atoms with Crippen LogP contribution in [0.1, 0.15) is 22.3 Å². The van der Waals surface area contributed by atoms with Gasteiger partial charge < -0.3 is 10.6 Å². The Hall–Kier alpha value is -2.36. The Balaban J connectivity index is 1.75. The van der Waals surface area contributed by atoms with Crippen LogP contribution in [-0.2, 0) is 13.0 Å². The highest BCUT2D eigenvalue weighted by atomic mass is 19.1. The molecule has 2 N–H and O–H groups in total. The second-order valence-corrected chi connectivity index (χ2v) is 5.38. The lowest BCUT2D eigenvalue weighted by Crippen LogP contribution is -2.36. The van der Waals surface area contributed by atoms with Crippen molar-refractivity contribution in [2.24, 2.45) is 0 Å². The van der Waals surface area contributed by atoms with Crippen LogP contribution in [0.5, 0.6) is 0 Å². The average molecular weight is 300 g/mol. The summed E-state index contributed by atoms with van der Waals surface area (Å²) in [5.74, 6) is -0.307. The van der Waals surface area contributed by atoms with Crippen LogP contribution in [0.25, 0.3) is 0 Å². The Bertz CT molecular complexity index is 655. The molecule has 4 heteroatoms. The van der Waals surface area contributed by atoms with Crippen molar-refractivity contribution in [3.05, 3.63) is 70.5 Å². The molecule has 0 atom stereocenters. The van der Waals surface area contributed by atoms with Gasteiger partial charge in [0.25, 0.3) is 0 Å². The van der Waals surface area contributed by atoms with Gasteiger partial charge in [0.15, 0.2) is 0 Å². The lowest BCUT2D eigenvalue weighted by Gasteiger charge is -2.10. The van der Waals surface area contributed by atoms with Crippen LogP contribution < -0.4 is 10.6 Å². The number of urea groups is 1. The Morgan fingerprint density at radius 3 is 2.55 bits per heavy atom. The molecule has 0 aliphatic heterocycles. The first kappa shape index (κ1) is 16.0. The summed E-state index contributed by atoms with van der Waals surface area (Å²) in [5.41, 5.74) is 4.16. The first-order valence-corrected chi connectivity index (χ1v) is 7.37. The van der Waals surface area contributed by atoms with Crippen molar-refractivity contribution < 1.29 is 9.18 Å². The van der Waals surface area contributed by atoms with Gasteiger partial charge >= 0.3 is 6.03 Å². The summed E-state index contributed by atoms with van der Waals surface area (Å²) in [6.45, 7) is 4.86. The molecule has 2 aromatic rings. The van der Waals surface area contributed by atoms with Crippen LogP contribution in [0.3, 0.4) is 0 Å². The van der Waals surface area contributed by atoms with Gasteiger partial charge in [-0.2, -0.15) is 0 Å². The quantitative estimate of drug-likeness (QED) is 0.872. The Kier molecular flexibility index (Phi) is 5.53. The summed E-state index contributed by atoms with van der Waals surface area (Å²) in [5, 5.41) is 5.45. The van der Waals surface area contributed by atoms with Crippen molar-refractivity contribution in [2.45, 2.75) is 26.8 Å². The molecule has 0 saturated carbocycles. The number of hydrogen-bond acceptors (Lipinski definition) is 1. The van der Waals surface area contributed by atoms with Crippen LogP contribution in [0.15, 0.2) is 42.5 Å². The van der Waals surface area contributed by atoms with Gasteiger partial charge in [0.2, 0.25) is 0 Å². The van der Waals surface area contributed by atoms with Crippen molar-refractivity contribution in [1.82, 2.24) is 10.6 Å². The number of amides is 2. The zero-order valence-electron chi connectivity index (χ0n) is 12.9. The second kappa shape index (κ2) is 7.59. The van der Waals surface area contributed by atoms with Gasteiger partial charge in [0, 0.05) is 18.7 Å². The van der Waals surface area contributed by atoms with Gasteiger partial charge in [-0.1, -0.05) is 42.0 Å². The fraction of sp³-hybridized carbons (Fsp3) is 0.278. The molecule has 0 saturated heterocycles. The van der Waals surface area contributed by atoms with E-state index in [-0.39, 0.29) is 18.4 Å². The molecule has 116 valence electrons. The van der Waals surface area contributed by atoms with Gasteiger partial charge in [-0.15, -0.1) is 0 Å². The number of aryl methyl sites for hydroxylation is 2. The highest BCUT2D eigenvalue weighted by Crippen LogP contribution is 2.10. The molecule has 0 aliphatic rings. The van der Waals surface area contributed by atoms with E-state index >= 15 is 0 Å². The smallest absolute Gasteiger partial charge is 0.315 e. The van der Waals surface area contributed by atoms with Crippen LogP contribution >= 0.6 is 0 Å². The minimum Gasteiger partial charge on any atom is -0.338 e. The monoisotopic (exact) mass is 300 g/mol. The fourth-order valence-corrected chi connectivity index (χ4v) is 2.32. The molecule has 0 aliphatic carbocycles. The molecule has 0 aromatic heterocycles. The molecule has 3 nitrogen and oxygen atoms in total. The van der Waals surface area contributed by atoms with Crippen molar-refractivity contribution in [1.29, 1.82) is 0 Å². The van der Waals surface area contributed by atoms with E-state index in [1.54, 1.807) is 18.2 Å². The molecule has 2 aromatic carbocycles. The maximum Gasteiger partial charge on any atom is 0.315 e. The Labute approximate surface area is 130 Å². The summed E-state index contributed by atoms with van der Waals surface area (Å²) in [6, 6.07) is 12.4. The standard InChI is InChI=1S/C18H21FN2O/c1-13-7-8-15(14(2)11-13)9-10-20-18(22)21-12-16-5-3-4-6-17(16)19/h3-8,11H,9-10,12H2,1-2H3,(H2,20,21,22). The van der Waals surface area contributed by atoms with Crippen LogP contribution in [0, 0.1) is 19.7 Å². The van der Waals surface area contributed by atoms with Gasteiger partial charge in [0.1, 0.15) is 5.82 Å². The minimum atomic E-state index is -0.307. The van der Waals surface area contributed by atoms with E-state index in [9.17, 15) is 9.18 Å². The molecule has 2 rings (SSSR count). The number of halogens is 1. The van der Waals surface area contributed by atoms with Crippen LogP contribution in [0.4, 0.5) is 9.18 Å². The third-order valence-corrected chi connectivity index (χ3v) is 3.58. The SMILES string of the molecule is Cc1ccc(CCNC(=O)NCc2ccccc2F)c(C)c1. The zero-order valence-corrected chi connectivity index (χ0v) is 12.9. The highest BCUT2D eigenvalue weighted by molar-refractivity contribution is 5.73. The fourth-order valence-electron chi connectivity index (χ4n) is 2.32. The molecule has 0 fully saturated rings. The predicted molar refractivity (Wildman–Crippen MR) is 86.3 cm³/mol. The topological polar surface area (TPSA) is 41.1 Å². The molecule has 0 unspecified atom stereocenters. The number of rotatable bonds is 5. The van der Waals surface area contributed by atoms with Crippen LogP contribution in [0.2, 0.25) is 0 Å². The molecule has 0 bridgehead atoms. The third-order valence-electron chi connectivity index (χ3n) is 3.58.